The van der Waals surface area contributed by atoms with Gasteiger partial charge in [0.2, 0.25) is 0 Å². The first-order valence-corrected chi connectivity index (χ1v) is 12.4. The number of nitrogens with zero attached hydrogens (tertiary/aromatic N) is 5. The maximum Gasteiger partial charge on any atom is 0.276 e. The first kappa shape index (κ1) is 25.3. The Balaban J connectivity index is 1.48. The third-order valence-corrected chi connectivity index (χ3v) is 6.27. The van der Waals surface area contributed by atoms with Gasteiger partial charge in [-0.25, -0.2) is 18.9 Å². The number of hydrogen-bond donors (Lipinski definition) is 6. The van der Waals surface area contributed by atoms with Gasteiger partial charge in [-0.3, -0.25) is 9.78 Å². The van der Waals surface area contributed by atoms with E-state index in [1.54, 1.807) is 12.1 Å². The second kappa shape index (κ2) is 11.4. The summed E-state index contributed by atoms with van der Waals surface area (Å²) < 4.78 is 15.5. The maximum atomic E-state index is 14.1. The highest BCUT2D eigenvalue weighted by Crippen LogP contribution is 2.27. The molecule has 1 aliphatic rings. The molecule has 0 unspecified atom stereocenters. The van der Waals surface area contributed by atoms with Crippen LogP contribution in [0.4, 0.5) is 33.2 Å². The number of nitrogens with one attached hydrogen (secondary N) is 4. The van der Waals surface area contributed by atoms with E-state index in [2.05, 4.69) is 41.3 Å². The zero-order valence-corrected chi connectivity index (χ0v) is 20.6. The summed E-state index contributed by atoms with van der Waals surface area (Å²) in [6.45, 7) is 0.347. The van der Waals surface area contributed by atoms with Gasteiger partial charge in [0.25, 0.3) is 5.91 Å². The number of amides is 1. The quantitative estimate of drug-likeness (QED) is 0.193. The molecule has 1 saturated carbocycles. The second-order valence-electron chi connectivity index (χ2n) is 9.07. The van der Waals surface area contributed by atoms with Crippen LogP contribution in [-0.2, 0) is 0 Å². The van der Waals surface area contributed by atoms with Gasteiger partial charge in [-0.1, -0.05) is 6.07 Å². The highest BCUT2D eigenvalue weighted by molar-refractivity contribution is 6.03. The lowest BCUT2D eigenvalue weighted by Gasteiger charge is -2.27. The van der Waals surface area contributed by atoms with E-state index in [1.165, 1.54) is 23.0 Å². The largest absolute Gasteiger partial charge is 0.395 e. The van der Waals surface area contributed by atoms with Gasteiger partial charge in [-0.2, -0.15) is 0 Å². The number of fused-ring (bicyclic) bond motifs is 1. The number of aromatic nitrogens is 5. The summed E-state index contributed by atoms with van der Waals surface area (Å²) in [6, 6.07) is 8.99. The molecule has 1 aliphatic carbocycles. The smallest absolute Gasteiger partial charge is 0.276 e. The summed E-state index contributed by atoms with van der Waals surface area (Å²) in [7, 11) is 0. The summed E-state index contributed by atoms with van der Waals surface area (Å²) >= 11 is 0. The van der Waals surface area contributed by atoms with Gasteiger partial charge in [-0.05, 0) is 43.9 Å². The van der Waals surface area contributed by atoms with Crippen LogP contribution in [0.15, 0.2) is 48.9 Å². The molecule has 4 aromatic rings. The lowest BCUT2D eigenvalue weighted by molar-refractivity contribution is 0.102. The highest BCUT2D eigenvalue weighted by atomic mass is 19.1. The Hall–Kier alpha value is -4.36. The van der Waals surface area contributed by atoms with E-state index in [9.17, 15) is 9.18 Å². The Morgan fingerprint density at radius 2 is 1.92 bits per heavy atom. The number of anilines is 5. The number of imidazole rings is 1. The van der Waals surface area contributed by atoms with Crippen molar-refractivity contribution in [3.63, 3.8) is 0 Å². The monoisotopic (exact) mass is 520 g/mol. The number of carbonyl (C=O) groups is 1. The van der Waals surface area contributed by atoms with Crippen LogP contribution >= 0.6 is 0 Å². The average Bonchev–Trinajstić information content (AvgIpc) is 3.35. The van der Waals surface area contributed by atoms with Gasteiger partial charge in [0, 0.05) is 30.9 Å². The van der Waals surface area contributed by atoms with Crippen molar-refractivity contribution in [2.45, 2.75) is 37.8 Å². The molecule has 13 heteroatoms. The Morgan fingerprint density at radius 3 is 2.71 bits per heavy atom. The van der Waals surface area contributed by atoms with Gasteiger partial charge in [-0.15, -0.1) is 5.10 Å². The zero-order valence-electron chi connectivity index (χ0n) is 20.6. The topological polar surface area (TPSA) is 167 Å². The van der Waals surface area contributed by atoms with E-state index < -0.39 is 11.7 Å². The average molecular weight is 521 g/mol. The Labute approximate surface area is 217 Å². The predicted molar refractivity (Wildman–Crippen MR) is 142 cm³/mol. The molecule has 0 aromatic carbocycles. The van der Waals surface area contributed by atoms with Crippen molar-refractivity contribution in [3.05, 3.63) is 60.4 Å². The molecule has 1 amide bonds. The van der Waals surface area contributed by atoms with Crippen molar-refractivity contribution in [2.75, 3.05) is 34.4 Å². The number of aliphatic hydroxyl groups excluding tert-OH is 1. The maximum absolute atomic E-state index is 14.1. The normalized spacial score (nSPS) is 17.2. The van der Waals surface area contributed by atoms with E-state index in [4.69, 9.17) is 10.8 Å². The Morgan fingerprint density at radius 1 is 1.11 bits per heavy atom. The summed E-state index contributed by atoms with van der Waals surface area (Å²) in [6.07, 6.45) is 7.45. The van der Waals surface area contributed by atoms with E-state index in [1.807, 2.05) is 12.1 Å². The fourth-order valence-electron chi connectivity index (χ4n) is 4.35. The van der Waals surface area contributed by atoms with Crippen molar-refractivity contribution in [1.82, 2.24) is 24.6 Å². The third-order valence-electron chi connectivity index (χ3n) is 6.27. The van der Waals surface area contributed by atoms with Gasteiger partial charge in [0.15, 0.2) is 17.2 Å². The van der Waals surface area contributed by atoms with E-state index >= 15 is 0 Å². The SMILES string of the molecule is N[C@H]1CC[C@H](Nc2cc(Nc3cccc(NCCO)n3)c3ncc(C(=O)Nc4ccncc4F)n3n2)CC1. The number of aliphatic hydroxyl groups is 1. The van der Waals surface area contributed by atoms with Crippen molar-refractivity contribution in [2.24, 2.45) is 5.73 Å². The highest BCUT2D eigenvalue weighted by Gasteiger charge is 2.22. The van der Waals surface area contributed by atoms with Crippen LogP contribution in [0.2, 0.25) is 0 Å². The molecule has 4 heterocycles. The van der Waals surface area contributed by atoms with Crippen LogP contribution in [0.25, 0.3) is 5.65 Å². The molecule has 0 radical (unpaired) electrons. The predicted octanol–water partition coefficient (Wildman–Crippen LogP) is 2.74. The van der Waals surface area contributed by atoms with Gasteiger partial charge >= 0.3 is 0 Å². The van der Waals surface area contributed by atoms with Crippen LogP contribution in [0.5, 0.6) is 0 Å². The van der Waals surface area contributed by atoms with Gasteiger partial charge < -0.3 is 32.1 Å². The van der Waals surface area contributed by atoms with Gasteiger partial charge in [0.05, 0.1) is 30.4 Å². The summed E-state index contributed by atoms with van der Waals surface area (Å²) in [5, 5.41) is 26.0. The molecule has 4 aromatic heterocycles. The van der Waals surface area contributed by atoms with E-state index in [0.717, 1.165) is 31.9 Å². The molecule has 1 fully saturated rings. The minimum atomic E-state index is -0.649. The standard InChI is InChI=1S/C25H29FN10O2/c26-17-13-28-9-8-18(17)33-25(38)20-14-30-24-19(32-22-3-1-2-21(34-22)29-10-11-37)12-23(35-36(20)24)31-16-6-4-15(27)5-7-16/h1-3,8-9,12-16,37H,4-7,10-11,27H2,(H,31,35)(H,28,33,38)(H2,29,32,34)/t15-,16-. The zero-order chi connectivity index (χ0) is 26.5. The third kappa shape index (κ3) is 5.79. The molecule has 0 aliphatic heterocycles. The number of halogens is 1. The van der Waals surface area contributed by atoms with Crippen LogP contribution in [0.1, 0.15) is 36.2 Å². The lowest BCUT2D eigenvalue weighted by atomic mass is 9.92. The minimum absolute atomic E-state index is 0.00233. The van der Waals surface area contributed by atoms with E-state index in [0.29, 0.717) is 35.3 Å². The molecule has 0 atom stereocenters. The summed E-state index contributed by atoms with van der Waals surface area (Å²) in [5.41, 5.74) is 7.14. The Bertz CT molecular complexity index is 1420. The molecule has 0 saturated heterocycles. The van der Waals surface area contributed by atoms with Crippen molar-refractivity contribution in [3.8, 4) is 0 Å². The Kier molecular flexibility index (Phi) is 7.56. The number of hydrogen-bond acceptors (Lipinski definition) is 10. The first-order chi connectivity index (χ1) is 18.5. The molecule has 0 bridgehead atoms. The molecular weight excluding hydrogens is 491 g/mol. The summed E-state index contributed by atoms with van der Waals surface area (Å²) in [5.74, 6) is 0.438. The van der Waals surface area contributed by atoms with E-state index in [-0.39, 0.29) is 30.1 Å². The number of carbonyl (C=O) groups excluding carboxylic acids is 1. The number of pyridine rings is 2. The van der Waals surface area contributed by atoms with Crippen LogP contribution < -0.4 is 27.0 Å². The van der Waals surface area contributed by atoms with Crippen LogP contribution in [0, 0.1) is 5.82 Å². The van der Waals surface area contributed by atoms with Crippen molar-refractivity contribution >= 4 is 40.4 Å². The molecule has 38 heavy (non-hydrogen) atoms. The molecular formula is C25H29FN10O2. The lowest BCUT2D eigenvalue weighted by Crippen LogP contribution is -2.33. The molecule has 5 rings (SSSR count). The molecule has 12 nitrogen and oxygen atoms in total. The molecule has 198 valence electrons. The van der Waals surface area contributed by atoms with Crippen LogP contribution in [-0.4, -0.2) is 60.8 Å². The fourth-order valence-corrected chi connectivity index (χ4v) is 4.35. The van der Waals surface area contributed by atoms with Crippen molar-refractivity contribution < 1.29 is 14.3 Å². The van der Waals surface area contributed by atoms with Gasteiger partial charge in [0.1, 0.15) is 17.5 Å². The van der Waals surface area contributed by atoms with Crippen molar-refractivity contribution in [1.29, 1.82) is 0 Å². The fraction of sp³-hybridized carbons (Fsp3) is 0.320. The molecule has 7 N–H and O–H groups in total. The number of rotatable bonds is 9. The molecule has 0 spiro atoms. The minimum Gasteiger partial charge on any atom is -0.395 e. The number of nitrogens with two attached hydrogens (primary N) is 1. The second-order valence-corrected chi connectivity index (χ2v) is 9.07. The van der Waals surface area contributed by atoms with Crippen LogP contribution in [0.3, 0.4) is 0 Å². The summed E-state index contributed by atoms with van der Waals surface area (Å²) in [4.78, 5) is 25.7. The first-order valence-electron chi connectivity index (χ1n) is 12.4.